The normalized spacial score (nSPS) is 12.2. The fraction of sp³-hybridized carbons (Fsp3) is 0.462. The minimum Gasteiger partial charge on any atom is -0.352 e. The van der Waals surface area contributed by atoms with Gasteiger partial charge < -0.3 is 5.32 Å². The molecule has 1 N–H and O–H groups in total. The topological polar surface area (TPSA) is 29.1 Å². The van der Waals surface area contributed by atoms with E-state index in [1.165, 1.54) is 0 Å². The van der Waals surface area contributed by atoms with Crippen molar-refractivity contribution in [2.75, 3.05) is 12.4 Å². The Morgan fingerprint density at radius 3 is 2.72 bits per heavy atom. The van der Waals surface area contributed by atoms with E-state index in [0.29, 0.717) is 34.0 Å². The summed E-state index contributed by atoms with van der Waals surface area (Å²) in [4.78, 5) is 12.0. The predicted molar refractivity (Wildman–Crippen MR) is 77.9 cm³/mol. The maximum absolute atomic E-state index is 12.0. The molecule has 0 aliphatic rings. The molecule has 100 valence electrons. The number of benzene rings is 1. The van der Waals surface area contributed by atoms with Crippen LogP contribution < -0.4 is 5.32 Å². The molecule has 0 saturated carbocycles. The van der Waals surface area contributed by atoms with Gasteiger partial charge in [0.2, 0.25) is 0 Å². The Kier molecular flexibility index (Phi) is 6.83. The monoisotopic (exact) mass is 307 g/mol. The van der Waals surface area contributed by atoms with E-state index in [1.807, 2.05) is 0 Å². The number of nitrogens with one attached hydrogen (secondary N) is 1. The molecule has 1 aromatic rings. The van der Waals surface area contributed by atoms with Crippen molar-refractivity contribution >= 4 is 40.7 Å². The van der Waals surface area contributed by atoms with Crippen molar-refractivity contribution < 1.29 is 4.79 Å². The van der Waals surface area contributed by atoms with Gasteiger partial charge in [0.15, 0.2) is 0 Å². The Balaban J connectivity index is 2.62. The van der Waals surface area contributed by atoms with Crippen LogP contribution in [0.25, 0.3) is 0 Å². The van der Waals surface area contributed by atoms with E-state index < -0.39 is 0 Å². The lowest BCUT2D eigenvalue weighted by Gasteiger charge is -2.14. The van der Waals surface area contributed by atoms with Gasteiger partial charge in [0, 0.05) is 17.4 Å². The van der Waals surface area contributed by atoms with Gasteiger partial charge in [-0.2, -0.15) is 0 Å². The van der Waals surface area contributed by atoms with Gasteiger partial charge >= 0.3 is 0 Å². The Hall–Kier alpha value is -0.440. The van der Waals surface area contributed by atoms with Gasteiger partial charge in [-0.3, -0.25) is 4.79 Å². The SMILES string of the molecule is CCC(CCCl)CNC(=O)c1cc(Cl)ccc1Cl. The summed E-state index contributed by atoms with van der Waals surface area (Å²) >= 11 is 17.5. The summed E-state index contributed by atoms with van der Waals surface area (Å²) in [5.41, 5.74) is 0.407. The molecule has 1 amide bonds. The lowest BCUT2D eigenvalue weighted by atomic mass is 10.0. The number of carbonyl (C=O) groups is 1. The van der Waals surface area contributed by atoms with Crippen molar-refractivity contribution in [1.29, 1.82) is 0 Å². The molecule has 1 atom stereocenters. The van der Waals surface area contributed by atoms with Crippen LogP contribution in [0, 0.1) is 5.92 Å². The van der Waals surface area contributed by atoms with Gasteiger partial charge in [-0.25, -0.2) is 0 Å². The third-order valence-corrected chi connectivity index (χ3v) is 3.60. The maximum atomic E-state index is 12.0. The molecule has 0 saturated heterocycles. The van der Waals surface area contributed by atoms with E-state index in [0.717, 1.165) is 12.8 Å². The van der Waals surface area contributed by atoms with Gasteiger partial charge in [-0.05, 0) is 30.5 Å². The lowest BCUT2D eigenvalue weighted by Crippen LogP contribution is -2.29. The van der Waals surface area contributed by atoms with E-state index in [2.05, 4.69) is 12.2 Å². The summed E-state index contributed by atoms with van der Waals surface area (Å²) in [6, 6.07) is 4.85. The van der Waals surface area contributed by atoms with Crippen LogP contribution in [0.4, 0.5) is 0 Å². The summed E-state index contributed by atoms with van der Waals surface area (Å²) in [6.07, 6.45) is 1.87. The van der Waals surface area contributed by atoms with Crippen LogP contribution >= 0.6 is 34.8 Å². The number of hydrogen-bond donors (Lipinski definition) is 1. The zero-order valence-corrected chi connectivity index (χ0v) is 12.4. The summed E-state index contributed by atoms with van der Waals surface area (Å²) in [5, 5.41) is 3.76. The zero-order valence-electron chi connectivity index (χ0n) is 10.2. The molecule has 1 unspecified atom stereocenters. The number of halogens is 3. The molecule has 0 spiro atoms. The molecule has 1 aromatic carbocycles. The Bertz CT molecular complexity index is 409. The predicted octanol–water partition coefficient (Wildman–Crippen LogP) is 4.38. The maximum Gasteiger partial charge on any atom is 0.252 e. The third kappa shape index (κ3) is 4.68. The van der Waals surface area contributed by atoms with Crippen LogP contribution in [0.1, 0.15) is 30.1 Å². The first kappa shape index (κ1) is 15.6. The number of carbonyl (C=O) groups excluding carboxylic acids is 1. The fourth-order valence-corrected chi connectivity index (χ4v) is 2.29. The Morgan fingerprint density at radius 1 is 1.39 bits per heavy atom. The average Bonchev–Trinajstić information content (AvgIpc) is 2.37. The molecule has 0 heterocycles. The highest BCUT2D eigenvalue weighted by Crippen LogP contribution is 2.20. The van der Waals surface area contributed by atoms with Crippen molar-refractivity contribution in [3.63, 3.8) is 0 Å². The molecular weight excluding hydrogens is 293 g/mol. The second-order valence-corrected chi connectivity index (χ2v) is 5.31. The van der Waals surface area contributed by atoms with Crippen molar-refractivity contribution in [2.24, 2.45) is 5.92 Å². The molecule has 0 radical (unpaired) electrons. The van der Waals surface area contributed by atoms with E-state index in [-0.39, 0.29) is 5.91 Å². The van der Waals surface area contributed by atoms with Crippen LogP contribution in [-0.2, 0) is 0 Å². The first-order valence-electron chi connectivity index (χ1n) is 5.87. The molecule has 18 heavy (non-hydrogen) atoms. The van der Waals surface area contributed by atoms with E-state index in [9.17, 15) is 4.79 Å². The number of rotatable bonds is 6. The average molecular weight is 309 g/mol. The van der Waals surface area contributed by atoms with Crippen molar-refractivity contribution in [3.05, 3.63) is 33.8 Å². The molecule has 0 aliphatic heterocycles. The van der Waals surface area contributed by atoms with Crippen LogP contribution in [0.5, 0.6) is 0 Å². The van der Waals surface area contributed by atoms with Gasteiger partial charge in [-0.15, -0.1) is 11.6 Å². The molecule has 2 nitrogen and oxygen atoms in total. The number of amides is 1. The highest BCUT2D eigenvalue weighted by Gasteiger charge is 2.13. The molecule has 0 aromatic heterocycles. The largest absolute Gasteiger partial charge is 0.352 e. The van der Waals surface area contributed by atoms with Gasteiger partial charge in [0.05, 0.1) is 10.6 Å². The summed E-state index contributed by atoms with van der Waals surface area (Å²) < 4.78 is 0. The van der Waals surface area contributed by atoms with Crippen LogP contribution in [0.2, 0.25) is 10.0 Å². The minimum absolute atomic E-state index is 0.199. The van der Waals surface area contributed by atoms with Crippen LogP contribution in [0.3, 0.4) is 0 Å². The molecule has 0 fully saturated rings. The van der Waals surface area contributed by atoms with E-state index >= 15 is 0 Å². The van der Waals surface area contributed by atoms with Gasteiger partial charge in [0.1, 0.15) is 0 Å². The highest BCUT2D eigenvalue weighted by molar-refractivity contribution is 6.35. The number of hydrogen-bond acceptors (Lipinski definition) is 1. The Morgan fingerprint density at radius 2 is 2.11 bits per heavy atom. The van der Waals surface area contributed by atoms with Crippen LogP contribution in [0.15, 0.2) is 18.2 Å². The summed E-state index contributed by atoms with van der Waals surface area (Å²) in [7, 11) is 0. The van der Waals surface area contributed by atoms with Gasteiger partial charge in [-0.1, -0.05) is 36.5 Å². The molecule has 1 rings (SSSR count). The van der Waals surface area contributed by atoms with Gasteiger partial charge in [0.25, 0.3) is 5.91 Å². The molecule has 0 bridgehead atoms. The zero-order chi connectivity index (χ0) is 13.5. The highest BCUT2D eigenvalue weighted by atomic mass is 35.5. The minimum atomic E-state index is -0.199. The second-order valence-electron chi connectivity index (χ2n) is 4.09. The lowest BCUT2D eigenvalue weighted by molar-refractivity contribution is 0.0946. The standard InChI is InChI=1S/C13H16Cl3NO/c1-2-9(5-6-14)8-17-13(18)11-7-10(15)3-4-12(11)16/h3-4,7,9H,2,5-6,8H2,1H3,(H,17,18). The van der Waals surface area contributed by atoms with Crippen molar-refractivity contribution in [1.82, 2.24) is 5.32 Å². The first-order valence-corrected chi connectivity index (χ1v) is 7.16. The summed E-state index contributed by atoms with van der Waals surface area (Å²) in [6.45, 7) is 2.68. The quantitative estimate of drug-likeness (QED) is 0.776. The second kappa shape index (κ2) is 7.88. The third-order valence-electron chi connectivity index (χ3n) is 2.82. The fourth-order valence-electron chi connectivity index (χ4n) is 1.61. The molecular formula is C13H16Cl3NO. The van der Waals surface area contributed by atoms with E-state index in [4.69, 9.17) is 34.8 Å². The molecule has 5 heteroatoms. The van der Waals surface area contributed by atoms with Crippen molar-refractivity contribution in [3.8, 4) is 0 Å². The Labute approximate surface area is 123 Å². The molecule has 0 aliphatic carbocycles. The first-order chi connectivity index (χ1) is 8.58. The van der Waals surface area contributed by atoms with Crippen molar-refractivity contribution in [2.45, 2.75) is 19.8 Å². The van der Waals surface area contributed by atoms with Crippen LogP contribution in [-0.4, -0.2) is 18.3 Å². The van der Waals surface area contributed by atoms with E-state index in [1.54, 1.807) is 18.2 Å². The number of alkyl halides is 1. The summed E-state index contributed by atoms with van der Waals surface area (Å²) in [5.74, 6) is 0.798. The smallest absolute Gasteiger partial charge is 0.252 e.